The first kappa shape index (κ1) is 8.27. The van der Waals surface area contributed by atoms with Crippen molar-refractivity contribution in [1.82, 2.24) is 0 Å². The van der Waals surface area contributed by atoms with E-state index >= 15 is 0 Å². The van der Waals surface area contributed by atoms with Crippen molar-refractivity contribution in [2.75, 3.05) is 19.8 Å². The molecule has 0 aliphatic carbocycles. The molecule has 11 heavy (non-hydrogen) atoms. The zero-order chi connectivity index (χ0) is 8.10. The summed E-state index contributed by atoms with van der Waals surface area (Å²) in [5.74, 6) is 0.419. The highest BCUT2D eigenvalue weighted by molar-refractivity contribution is 5.94. The first-order chi connectivity index (χ1) is 5.34. The lowest BCUT2D eigenvalue weighted by Gasteiger charge is -2.01. The highest BCUT2D eigenvalue weighted by Crippen LogP contribution is 2.09. The summed E-state index contributed by atoms with van der Waals surface area (Å²) in [5, 5.41) is 0. The van der Waals surface area contributed by atoms with Crippen LogP contribution in [-0.4, -0.2) is 25.6 Å². The fourth-order valence-electron chi connectivity index (χ4n) is 0.878. The molecular weight excluding hydrogens is 144 g/mol. The van der Waals surface area contributed by atoms with Crippen LogP contribution in [0.15, 0.2) is 11.8 Å². The predicted octanol–water partition coefficient (Wildman–Crippen LogP) is 0.896. The summed E-state index contributed by atoms with van der Waals surface area (Å²) in [6, 6.07) is 0. The Morgan fingerprint density at radius 1 is 1.82 bits per heavy atom. The van der Waals surface area contributed by atoms with Gasteiger partial charge in [0.25, 0.3) is 0 Å². The van der Waals surface area contributed by atoms with E-state index in [9.17, 15) is 4.79 Å². The van der Waals surface area contributed by atoms with Crippen molar-refractivity contribution in [3.63, 3.8) is 0 Å². The summed E-state index contributed by atoms with van der Waals surface area (Å²) >= 11 is 0. The molecule has 0 fully saturated rings. The zero-order valence-electron chi connectivity index (χ0n) is 6.63. The summed E-state index contributed by atoms with van der Waals surface area (Å²) in [6.45, 7) is 3.20. The van der Waals surface area contributed by atoms with Gasteiger partial charge in [0.15, 0.2) is 5.76 Å². The van der Waals surface area contributed by atoms with Crippen molar-refractivity contribution < 1.29 is 14.3 Å². The van der Waals surface area contributed by atoms with Gasteiger partial charge in [0.05, 0.1) is 6.61 Å². The van der Waals surface area contributed by atoms with Gasteiger partial charge in [0, 0.05) is 13.0 Å². The lowest BCUT2D eigenvalue weighted by molar-refractivity contribution is -0.122. The molecule has 1 aliphatic rings. The van der Waals surface area contributed by atoms with Crippen LogP contribution in [0.4, 0.5) is 0 Å². The molecule has 1 heterocycles. The van der Waals surface area contributed by atoms with E-state index in [1.54, 1.807) is 6.08 Å². The molecule has 0 unspecified atom stereocenters. The van der Waals surface area contributed by atoms with Crippen molar-refractivity contribution in [2.45, 2.75) is 13.3 Å². The maximum atomic E-state index is 11.1. The molecule has 0 spiro atoms. The van der Waals surface area contributed by atoms with Gasteiger partial charge in [0.1, 0.15) is 6.61 Å². The fraction of sp³-hybridized carbons (Fsp3) is 0.625. The zero-order valence-corrected chi connectivity index (χ0v) is 6.63. The van der Waals surface area contributed by atoms with Gasteiger partial charge in [-0.3, -0.25) is 4.79 Å². The van der Waals surface area contributed by atoms with Crippen LogP contribution in [0.1, 0.15) is 13.3 Å². The number of ketones is 1. The highest BCUT2D eigenvalue weighted by Gasteiger charge is 2.13. The summed E-state index contributed by atoms with van der Waals surface area (Å²) < 4.78 is 9.98. The Bertz CT molecular complexity index is 172. The number of hydrogen-bond donors (Lipinski definition) is 0. The molecule has 0 N–H and O–H groups in total. The SMILES string of the molecule is CCOCC(=O)C1=CCCO1. The fourth-order valence-corrected chi connectivity index (χ4v) is 0.878. The van der Waals surface area contributed by atoms with Gasteiger partial charge in [-0.05, 0) is 13.0 Å². The third-order valence-electron chi connectivity index (χ3n) is 1.42. The second kappa shape index (κ2) is 4.13. The number of rotatable bonds is 4. The van der Waals surface area contributed by atoms with Crippen LogP contribution >= 0.6 is 0 Å². The molecular formula is C8H12O3. The molecule has 62 valence electrons. The van der Waals surface area contributed by atoms with Gasteiger partial charge in [-0.2, -0.15) is 0 Å². The molecule has 0 aromatic carbocycles. The molecule has 0 saturated carbocycles. The minimum absolute atomic E-state index is 0.0515. The minimum atomic E-state index is -0.0515. The second-order valence-electron chi connectivity index (χ2n) is 2.27. The smallest absolute Gasteiger partial charge is 0.222 e. The Balaban J connectivity index is 2.29. The first-order valence-electron chi connectivity index (χ1n) is 3.78. The van der Waals surface area contributed by atoms with Crippen LogP contribution in [-0.2, 0) is 14.3 Å². The van der Waals surface area contributed by atoms with Crippen LogP contribution in [0.3, 0.4) is 0 Å². The molecule has 0 saturated heterocycles. The van der Waals surface area contributed by atoms with Gasteiger partial charge in [-0.1, -0.05) is 0 Å². The molecule has 0 radical (unpaired) electrons. The molecule has 0 amide bonds. The largest absolute Gasteiger partial charge is 0.490 e. The molecule has 0 bridgehead atoms. The van der Waals surface area contributed by atoms with Gasteiger partial charge >= 0.3 is 0 Å². The van der Waals surface area contributed by atoms with E-state index in [0.29, 0.717) is 19.0 Å². The molecule has 0 aromatic rings. The van der Waals surface area contributed by atoms with Crippen molar-refractivity contribution in [3.05, 3.63) is 11.8 Å². The van der Waals surface area contributed by atoms with E-state index in [2.05, 4.69) is 0 Å². The molecule has 0 aromatic heterocycles. The van der Waals surface area contributed by atoms with Crippen molar-refractivity contribution in [1.29, 1.82) is 0 Å². The van der Waals surface area contributed by atoms with E-state index in [1.807, 2.05) is 6.92 Å². The Morgan fingerprint density at radius 2 is 2.64 bits per heavy atom. The van der Waals surface area contributed by atoms with Gasteiger partial charge in [-0.25, -0.2) is 0 Å². The summed E-state index contributed by atoms with van der Waals surface area (Å²) in [4.78, 5) is 11.1. The monoisotopic (exact) mass is 156 g/mol. The van der Waals surface area contributed by atoms with Crippen LogP contribution < -0.4 is 0 Å². The van der Waals surface area contributed by atoms with E-state index in [0.717, 1.165) is 6.42 Å². The third kappa shape index (κ3) is 2.35. The van der Waals surface area contributed by atoms with E-state index < -0.39 is 0 Å². The summed E-state index contributed by atoms with van der Waals surface area (Å²) in [7, 11) is 0. The Hall–Kier alpha value is -0.830. The maximum Gasteiger partial charge on any atom is 0.222 e. The molecule has 3 heteroatoms. The summed E-state index contributed by atoms with van der Waals surface area (Å²) in [6.07, 6.45) is 2.65. The predicted molar refractivity (Wildman–Crippen MR) is 40.2 cm³/mol. The number of Topliss-reactive ketones (excluding diaryl/α,β-unsaturated/α-hetero) is 1. The molecule has 1 rings (SSSR count). The minimum Gasteiger partial charge on any atom is -0.490 e. The number of hydrogen-bond acceptors (Lipinski definition) is 3. The van der Waals surface area contributed by atoms with Crippen molar-refractivity contribution >= 4 is 5.78 Å². The van der Waals surface area contributed by atoms with E-state index in [-0.39, 0.29) is 12.4 Å². The Kier molecular flexibility index (Phi) is 3.11. The average molecular weight is 156 g/mol. The average Bonchev–Trinajstić information content (AvgIpc) is 2.52. The van der Waals surface area contributed by atoms with Gasteiger partial charge in [0.2, 0.25) is 5.78 Å². The quantitative estimate of drug-likeness (QED) is 0.606. The number of carbonyl (C=O) groups excluding carboxylic acids is 1. The van der Waals surface area contributed by atoms with Gasteiger partial charge in [-0.15, -0.1) is 0 Å². The normalized spacial score (nSPS) is 15.9. The number of ether oxygens (including phenoxy) is 2. The standard InChI is InChI=1S/C8H12O3/c1-2-10-6-7(9)8-4-3-5-11-8/h4H,2-3,5-6H2,1H3. The van der Waals surface area contributed by atoms with E-state index in [1.165, 1.54) is 0 Å². The van der Waals surface area contributed by atoms with Crippen molar-refractivity contribution in [2.24, 2.45) is 0 Å². The van der Waals surface area contributed by atoms with Gasteiger partial charge < -0.3 is 9.47 Å². The third-order valence-corrected chi connectivity index (χ3v) is 1.42. The lowest BCUT2D eigenvalue weighted by atomic mass is 10.3. The van der Waals surface area contributed by atoms with Crippen molar-refractivity contribution in [3.8, 4) is 0 Å². The first-order valence-corrected chi connectivity index (χ1v) is 3.78. The second-order valence-corrected chi connectivity index (χ2v) is 2.27. The van der Waals surface area contributed by atoms with E-state index in [4.69, 9.17) is 9.47 Å². The van der Waals surface area contributed by atoms with Crippen LogP contribution in [0.2, 0.25) is 0 Å². The molecule has 3 nitrogen and oxygen atoms in total. The number of carbonyl (C=O) groups is 1. The topological polar surface area (TPSA) is 35.5 Å². The van der Waals surface area contributed by atoms with Crippen LogP contribution in [0, 0.1) is 0 Å². The summed E-state index contributed by atoms with van der Waals surface area (Å²) in [5.41, 5.74) is 0. The van der Waals surface area contributed by atoms with Crippen LogP contribution in [0.25, 0.3) is 0 Å². The Morgan fingerprint density at radius 3 is 3.18 bits per heavy atom. The highest BCUT2D eigenvalue weighted by atomic mass is 16.5. The lowest BCUT2D eigenvalue weighted by Crippen LogP contribution is -2.11. The maximum absolute atomic E-state index is 11.1. The Labute approximate surface area is 66.0 Å². The molecule has 1 aliphatic heterocycles. The van der Waals surface area contributed by atoms with Crippen LogP contribution in [0.5, 0.6) is 0 Å². The molecule has 0 atom stereocenters.